The number of nitrogens with two attached hydrogens (primary N) is 2. The summed E-state index contributed by atoms with van der Waals surface area (Å²) in [6, 6.07) is 1.54. The number of rotatable bonds is 2. The van der Waals surface area contributed by atoms with Gasteiger partial charge in [0.05, 0.1) is 31.6 Å². The zero-order chi connectivity index (χ0) is 31.8. The minimum Gasteiger partial charge on any atom is -0.397 e. The first-order chi connectivity index (χ1) is 21.3. The van der Waals surface area contributed by atoms with Crippen LogP contribution >= 0.6 is 24.7 Å². The van der Waals surface area contributed by atoms with E-state index in [-0.39, 0.29) is 22.8 Å². The maximum atomic E-state index is 16.1. The van der Waals surface area contributed by atoms with Crippen LogP contribution in [0.25, 0.3) is 22.3 Å². The van der Waals surface area contributed by atoms with Crippen molar-refractivity contribution in [3.05, 3.63) is 35.3 Å². The Kier molecular flexibility index (Phi) is 8.02. The van der Waals surface area contributed by atoms with E-state index >= 15 is 8.78 Å². The van der Waals surface area contributed by atoms with Gasteiger partial charge in [-0.1, -0.05) is 12.2 Å². The van der Waals surface area contributed by atoms with Crippen molar-refractivity contribution in [2.75, 3.05) is 24.7 Å². The van der Waals surface area contributed by atoms with Crippen LogP contribution in [0.5, 0.6) is 0 Å². The molecule has 6 N–H and O–H groups in total. The summed E-state index contributed by atoms with van der Waals surface area (Å²) in [6.45, 7) is -5.39. The molecule has 0 spiro atoms. The highest BCUT2D eigenvalue weighted by Gasteiger charge is 2.53. The molecule has 242 valence electrons. The van der Waals surface area contributed by atoms with Gasteiger partial charge in [0, 0.05) is 6.20 Å². The Hall–Kier alpha value is -2.20. The van der Waals surface area contributed by atoms with E-state index in [4.69, 9.17) is 62.6 Å². The average Bonchev–Trinajstić information content (AvgIpc) is 3.72. The second kappa shape index (κ2) is 11.5. The van der Waals surface area contributed by atoms with Crippen LogP contribution in [0.1, 0.15) is 12.5 Å². The van der Waals surface area contributed by atoms with Crippen molar-refractivity contribution < 1.29 is 41.2 Å². The number of aromatic amines is 1. The summed E-state index contributed by atoms with van der Waals surface area (Å²) in [5.74, 6) is -0.231. The molecule has 45 heavy (non-hydrogen) atoms. The van der Waals surface area contributed by atoms with Crippen LogP contribution < -0.4 is 17.0 Å². The van der Waals surface area contributed by atoms with Crippen molar-refractivity contribution in [1.29, 1.82) is 0 Å². The number of aromatic nitrogens is 7. The van der Waals surface area contributed by atoms with Gasteiger partial charge in [0.25, 0.3) is 5.56 Å². The monoisotopic (exact) mass is 725 g/mol. The van der Waals surface area contributed by atoms with Gasteiger partial charge >= 0.3 is 6.72 Å². The Morgan fingerprint density at radius 1 is 0.956 bits per heavy atom. The van der Waals surface area contributed by atoms with Crippen LogP contribution in [-0.2, 0) is 51.2 Å². The highest BCUT2D eigenvalue weighted by molar-refractivity contribution is 8.60. The fourth-order valence-electron chi connectivity index (χ4n) is 5.32. The largest absolute Gasteiger partial charge is 0.397 e. The number of alkyl halides is 2. The zero-order valence-corrected chi connectivity index (χ0v) is 26.7. The van der Waals surface area contributed by atoms with Crippen LogP contribution in [0.4, 0.5) is 20.4 Å². The van der Waals surface area contributed by atoms with Gasteiger partial charge in [-0.15, -0.1) is 0 Å². The third kappa shape index (κ3) is 5.70. The molecule has 0 aromatic carbocycles. The van der Waals surface area contributed by atoms with Crippen LogP contribution in [0.2, 0.25) is 0 Å². The highest BCUT2D eigenvalue weighted by Crippen LogP contribution is 2.59. The summed E-state index contributed by atoms with van der Waals surface area (Å²) in [6.07, 6.45) is -8.37. The summed E-state index contributed by atoms with van der Waals surface area (Å²) in [5, 5.41) is 0. The summed E-state index contributed by atoms with van der Waals surface area (Å²) in [4.78, 5) is 42.2. The molecule has 0 radical (unpaired) electrons. The number of hydrogen-bond donors (Lipinski definition) is 5. The molecular formula is C21H23F2N9O8P2S3. The van der Waals surface area contributed by atoms with E-state index in [1.165, 1.54) is 28.0 Å². The molecule has 2 unspecified atom stereocenters. The molecule has 10 atom stereocenters. The average molecular weight is 726 g/mol. The molecule has 7 heterocycles. The number of nitrogens with one attached hydrogen (secondary N) is 1. The molecule has 3 aliphatic heterocycles. The van der Waals surface area contributed by atoms with Crippen LogP contribution in [-0.4, -0.2) is 88.9 Å². The summed E-state index contributed by atoms with van der Waals surface area (Å²) in [7, 11) is 0. The molecule has 24 heteroatoms. The van der Waals surface area contributed by atoms with E-state index in [1.807, 2.05) is 0 Å². The summed E-state index contributed by atoms with van der Waals surface area (Å²) < 4.78 is 69.1. The van der Waals surface area contributed by atoms with Gasteiger partial charge in [0.15, 0.2) is 41.6 Å². The molecule has 3 fully saturated rings. The SMILES string of the molecule is Nc1nc2c(ncn2[C@@H]2O[C@@H]3COP(=S)(S)O[C@H]4[C@H](F)[C@H](n5cnc6c(N)ccnc65)O[C@@H]4COP(O)(=S)O[C@@H]2[C@@H]3F)c(=O)[nH]1. The Morgan fingerprint density at radius 3 is 2.42 bits per heavy atom. The highest BCUT2D eigenvalue weighted by atomic mass is 32.9. The van der Waals surface area contributed by atoms with Crippen LogP contribution in [0.15, 0.2) is 29.7 Å². The van der Waals surface area contributed by atoms with Crippen molar-refractivity contribution >= 4 is 82.2 Å². The molecule has 0 amide bonds. The first-order valence-corrected chi connectivity index (χ1v) is 19.4. The standard InChI is InChI=1S/C21H23F2N9O8P2S3/c22-10-8-3-36-42(44,45)40-14-9(38-19(11(14)23)31-5-27-12-7(24)1-2-26-16(12)31)4-35-41(34,43)39-15(10)20(37-8)32-6-28-13-17(32)29-21(25)30-18(13)33/h1-2,5-6,8-11,14-15,19-20H,3-4H2,(H2,24,26)(H,34,43)(H,44,45)(H3,25,29,30,33)/t8-,9-,10-,11+,14-,15-,19-,20-,41?/m1/s1. The topological polar surface area (TPSA) is 222 Å². The number of imidazole rings is 2. The van der Waals surface area contributed by atoms with Crippen molar-refractivity contribution in [3.8, 4) is 0 Å². The van der Waals surface area contributed by atoms with Gasteiger partial charge < -0.3 is 39.4 Å². The predicted molar refractivity (Wildman–Crippen MR) is 164 cm³/mol. The molecular weight excluding hydrogens is 702 g/mol. The minimum atomic E-state index is -4.30. The Bertz CT molecular complexity index is 1950. The third-order valence-electron chi connectivity index (χ3n) is 7.34. The first kappa shape index (κ1) is 31.4. The lowest BCUT2D eigenvalue weighted by Crippen LogP contribution is -2.34. The fourth-order valence-corrected chi connectivity index (χ4v) is 8.68. The van der Waals surface area contributed by atoms with Crippen molar-refractivity contribution in [3.63, 3.8) is 0 Å². The van der Waals surface area contributed by atoms with E-state index in [0.717, 1.165) is 0 Å². The van der Waals surface area contributed by atoms with E-state index in [0.29, 0.717) is 11.2 Å². The van der Waals surface area contributed by atoms with Gasteiger partial charge in [-0.25, -0.2) is 23.7 Å². The van der Waals surface area contributed by atoms with Crippen LogP contribution in [0.3, 0.4) is 0 Å². The second-order valence-corrected chi connectivity index (χ2v) is 18.2. The lowest BCUT2D eigenvalue weighted by Gasteiger charge is -2.28. The molecule has 3 aliphatic rings. The fraction of sp³-hybridized carbons (Fsp3) is 0.476. The van der Waals surface area contributed by atoms with Gasteiger partial charge in [-0.2, -0.15) is 4.98 Å². The quantitative estimate of drug-likeness (QED) is 0.146. The Balaban J connectivity index is 1.21. The normalized spacial score (nSPS) is 37.7. The predicted octanol–water partition coefficient (Wildman–Crippen LogP) is 1.39. The number of fused-ring (bicyclic) bond motifs is 5. The molecule has 0 aliphatic carbocycles. The molecule has 3 saturated heterocycles. The number of pyridine rings is 1. The summed E-state index contributed by atoms with van der Waals surface area (Å²) in [5.41, 5.74) is 8.15. The molecule has 4 aromatic heterocycles. The van der Waals surface area contributed by atoms with Crippen molar-refractivity contribution in [2.24, 2.45) is 0 Å². The van der Waals surface area contributed by atoms with Gasteiger partial charge in [-0.05, 0) is 29.7 Å². The number of ether oxygens (including phenoxy) is 2. The number of halogens is 2. The van der Waals surface area contributed by atoms with E-state index in [1.54, 1.807) is 6.07 Å². The van der Waals surface area contributed by atoms with Crippen LogP contribution in [0, 0.1) is 0 Å². The first-order valence-electron chi connectivity index (χ1n) is 13.0. The van der Waals surface area contributed by atoms with Crippen molar-refractivity contribution in [1.82, 2.24) is 34.1 Å². The second-order valence-electron chi connectivity index (χ2n) is 10.2. The molecule has 2 bridgehead atoms. The number of anilines is 2. The Labute approximate surface area is 266 Å². The lowest BCUT2D eigenvalue weighted by atomic mass is 10.1. The van der Waals surface area contributed by atoms with Gasteiger partial charge in [0.1, 0.15) is 29.9 Å². The van der Waals surface area contributed by atoms with E-state index in [9.17, 15) is 9.69 Å². The third-order valence-corrected chi connectivity index (χ3v) is 11.1. The van der Waals surface area contributed by atoms with E-state index in [2.05, 4.69) is 37.2 Å². The minimum absolute atomic E-state index is 0.0509. The number of H-pyrrole nitrogens is 1. The van der Waals surface area contributed by atoms with Gasteiger partial charge in [-0.3, -0.25) is 23.4 Å². The molecule has 17 nitrogen and oxygen atoms in total. The molecule has 7 rings (SSSR count). The number of thiol groups is 1. The van der Waals surface area contributed by atoms with E-state index < -0.39 is 80.4 Å². The Morgan fingerprint density at radius 2 is 1.64 bits per heavy atom. The summed E-state index contributed by atoms with van der Waals surface area (Å²) >= 11 is 15.0. The lowest BCUT2D eigenvalue weighted by molar-refractivity contribution is -0.0568. The smallest absolute Gasteiger partial charge is 0.325 e. The maximum Gasteiger partial charge on any atom is 0.325 e. The number of nitrogens with zero attached hydrogens (tertiary/aromatic N) is 6. The van der Waals surface area contributed by atoms with Crippen molar-refractivity contribution in [2.45, 2.75) is 49.2 Å². The number of nitrogen functional groups attached to an aromatic ring is 2. The zero-order valence-electron chi connectivity index (χ0n) is 22.4. The van der Waals surface area contributed by atoms with Gasteiger partial charge in [0.2, 0.25) is 11.6 Å². The molecule has 4 aromatic rings. The molecule has 0 saturated carbocycles. The maximum absolute atomic E-state index is 16.1. The number of hydrogen-bond acceptors (Lipinski definition) is 15.